The first-order valence-electron chi connectivity index (χ1n) is 8.49. The molecule has 0 aliphatic rings. The van der Waals surface area contributed by atoms with Crippen LogP contribution in [0.2, 0.25) is 0 Å². The molecular weight excluding hydrogens is 363 g/mol. The van der Waals surface area contributed by atoms with Crippen LogP contribution in [-0.4, -0.2) is 20.3 Å². The van der Waals surface area contributed by atoms with Crippen LogP contribution < -0.4 is 5.32 Å². The molecule has 0 atom stereocenters. The van der Waals surface area contributed by atoms with Gasteiger partial charge in [-0.05, 0) is 36.2 Å². The quantitative estimate of drug-likeness (QED) is 0.569. The Morgan fingerprint density at radius 2 is 2.07 bits per heavy atom. The van der Waals surface area contributed by atoms with E-state index in [1.807, 2.05) is 35.9 Å². The minimum absolute atomic E-state index is 0.154. The molecule has 0 bridgehead atoms. The normalized spacial score (nSPS) is 11.0. The largest absolute Gasteiger partial charge is 0.307 e. The van der Waals surface area contributed by atoms with Crippen LogP contribution in [0.5, 0.6) is 0 Å². The Morgan fingerprint density at radius 1 is 1.26 bits per heavy atom. The molecule has 0 aliphatic heterocycles. The van der Waals surface area contributed by atoms with Gasteiger partial charge in [-0.1, -0.05) is 18.2 Å². The van der Waals surface area contributed by atoms with E-state index in [9.17, 15) is 9.18 Å². The lowest BCUT2D eigenvalue weighted by Gasteiger charge is -1.99. The van der Waals surface area contributed by atoms with Crippen LogP contribution in [0.4, 0.5) is 9.52 Å². The molecule has 1 amide bonds. The molecule has 4 aromatic rings. The summed E-state index contributed by atoms with van der Waals surface area (Å²) in [6.45, 7) is 1.99. The van der Waals surface area contributed by atoms with Crippen molar-refractivity contribution in [2.75, 3.05) is 5.32 Å². The number of nitrogens with zero attached hydrogens (tertiary/aromatic N) is 3. The first-order valence-corrected chi connectivity index (χ1v) is 9.31. The van der Waals surface area contributed by atoms with E-state index in [1.165, 1.54) is 23.5 Å². The smallest absolute Gasteiger partial charge is 0.232 e. The lowest BCUT2D eigenvalue weighted by Crippen LogP contribution is -2.14. The molecule has 0 spiro atoms. The second-order valence-corrected chi connectivity index (χ2v) is 7.43. The molecule has 136 valence electrons. The number of anilines is 1. The van der Waals surface area contributed by atoms with Gasteiger partial charge >= 0.3 is 0 Å². The third kappa shape index (κ3) is 4.03. The minimum Gasteiger partial charge on any atom is -0.307 e. The van der Waals surface area contributed by atoms with Gasteiger partial charge < -0.3 is 9.72 Å². The third-order valence-electron chi connectivity index (χ3n) is 4.16. The van der Waals surface area contributed by atoms with Crippen molar-refractivity contribution < 1.29 is 9.18 Å². The van der Waals surface area contributed by atoms with E-state index in [-0.39, 0.29) is 18.1 Å². The van der Waals surface area contributed by atoms with Gasteiger partial charge in [0.25, 0.3) is 0 Å². The number of fused-ring (bicyclic) bond motifs is 1. The Balaban J connectivity index is 1.40. The number of benzene rings is 1. The van der Waals surface area contributed by atoms with Gasteiger partial charge in [0.15, 0.2) is 5.13 Å². The van der Waals surface area contributed by atoms with Crippen molar-refractivity contribution in [3.63, 3.8) is 0 Å². The van der Waals surface area contributed by atoms with E-state index in [2.05, 4.69) is 15.3 Å². The second kappa shape index (κ2) is 7.28. The van der Waals surface area contributed by atoms with Gasteiger partial charge in [0.1, 0.15) is 11.5 Å². The van der Waals surface area contributed by atoms with E-state index in [0.717, 1.165) is 21.7 Å². The van der Waals surface area contributed by atoms with Crippen LogP contribution in [0.15, 0.2) is 55.0 Å². The molecule has 5 nitrogen and oxygen atoms in total. The number of imidazole rings is 1. The molecule has 0 unspecified atom stereocenters. The zero-order valence-electron chi connectivity index (χ0n) is 14.6. The van der Waals surface area contributed by atoms with Gasteiger partial charge in [0.2, 0.25) is 5.91 Å². The summed E-state index contributed by atoms with van der Waals surface area (Å²) in [5.41, 5.74) is 3.63. The zero-order chi connectivity index (χ0) is 18.8. The van der Waals surface area contributed by atoms with Crippen molar-refractivity contribution in [1.29, 1.82) is 0 Å². The van der Waals surface area contributed by atoms with Crippen molar-refractivity contribution >= 4 is 28.0 Å². The predicted molar refractivity (Wildman–Crippen MR) is 104 cm³/mol. The fourth-order valence-corrected chi connectivity index (χ4v) is 3.73. The fourth-order valence-electron chi connectivity index (χ4n) is 2.87. The maximum atomic E-state index is 13.0. The van der Waals surface area contributed by atoms with Gasteiger partial charge in [-0.3, -0.25) is 4.79 Å². The number of carbonyl (C=O) groups is 1. The van der Waals surface area contributed by atoms with Crippen LogP contribution >= 0.6 is 11.3 Å². The summed E-state index contributed by atoms with van der Waals surface area (Å²) >= 11 is 1.42. The summed E-state index contributed by atoms with van der Waals surface area (Å²) < 4.78 is 14.9. The molecule has 0 aliphatic carbocycles. The molecule has 27 heavy (non-hydrogen) atoms. The first kappa shape index (κ1) is 17.4. The maximum absolute atomic E-state index is 13.0. The number of carbonyl (C=O) groups excluding carboxylic acids is 1. The predicted octanol–water partition coefficient (Wildman–Crippen LogP) is 4.01. The lowest BCUT2D eigenvalue weighted by atomic mass is 10.1. The van der Waals surface area contributed by atoms with Crippen LogP contribution in [0, 0.1) is 12.7 Å². The Labute approximate surface area is 159 Å². The molecule has 1 aromatic carbocycles. The topological polar surface area (TPSA) is 59.3 Å². The molecule has 0 saturated heterocycles. The number of hydrogen-bond acceptors (Lipinski definition) is 4. The van der Waals surface area contributed by atoms with E-state index < -0.39 is 0 Å². The summed E-state index contributed by atoms with van der Waals surface area (Å²) in [4.78, 5) is 22.1. The number of aromatic nitrogens is 3. The third-order valence-corrected chi connectivity index (χ3v) is 5.07. The number of thiazole rings is 1. The minimum atomic E-state index is -0.252. The van der Waals surface area contributed by atoms with E-state index >= 15 is 0 Å². The standard InChI is InChI=1S/C20H17FN4OS/c1-13-3-2-8-25-12-16(23-19(13)25)10-18(26)24-20-22-11-17(27-20)9-14-4-6-15(21)7-5-14/h2-8,11-12H,9-10H2,1H3,(H,22,24,26). The number of amides is 1. The number of rotatable bonds is 5. The summed E-state index contributed by atoms with van der Waals surface area (Å²) in [7, 11) is 0. The average molecular weight is 380 g/mol. The first-order chi connectivity index (χ1) is 13.1. The maximum Gasteiger partial charge on any atom is 0.232 e. The van der Waals surface area contributed by atoms with Crippen LogP contribution in [0.1, 0.15) is 21.7 Å². The molecule has 0 fully saturated rings. The Kier molecular flexibility index (Phi) is 4.68. The lowest BCUT2D eigenvalue weighted by molar-refractivity contribution is -0.115. The SMILES string of the molecule is Cc1cccn2cc(CC(=O)Nc3ncc(Cc4ccc(F)cc4)s3)nc12. The highest BCUT2D eigenvalue weighted by atomic mass is 32.1. The van der Waals surface area contributed by atoms with Crippen LogP contribution in [0.3, 0.4) is 0 Å². The van der Waals surface area contributed by atoms with Crippen molar-refractivity contribution in [3.8, 4) is 0 Å². The molecule has 1 N–H and O–H groups in total. The molecule has 3 heterocycles. The monoisotopic (exact) mass is 380 g/mol. The number of aryl methyl sites for hydroxylation is 1. The molecule has 4 rings (SSSR count). The van der Waals surface area contributed by atoms with E-state index in [4.69, 9.17) is 0 Å². The summed E-state index contributed by atoms with van der Waals surface area (Å²) in [6.07, 6.45) is 6.36. The molecule has 0 radical (unpaired) electrons. The van der Waals surface area contributed by atoms with Crippen molar-refractivity contribution in [1.82, 2.24) is 14.4 Å². The van der Waals surface area contributed by atoms with E-state index in [1.54, 1.807) is 18.3 Å². The van der Waals surface area contributed by atoms with E-state index in [0.29, 0.717) is 17.2 Å². The van der Waals surface area contributed by atoms with Gasteiger partial charge in [-0.25, -0.2) is 14.4 Å². The molecular formula is C20H17FN4OS. The summed E-state index contributed by atoms with van der Waals surface area (Å²) in [6, 6.07) is 10.3. The Morgan fingerprint density at radius 3 is 2.85 bits per heavy atom. The second-order valence-electron chi connectivity index (χ2n) is 6.31. The van der Waals surface area contributed by atoms with Gasteiger partial charge in [0, 0.05) is 29.9 Å². The summed E-state index contributed by atoms with van der Waals surface area (Å²) in [5.74, 6) is -0.406. The molecule has 0 saturated carbocycles. The number of nitrogens with one attached hydrogen (secondary N) is 1. The average Bonchev–Trinajstić information content (AvgIpc) is 3.24. The summed E-state index contributed by atoms with van der Waals surface area (Å²) in [5, 5.41) is 3.38. The van der Waals surface area contributed by atoms with Gasteiger partial charge in [-0.15, -0.1) is 11.3 Å². The molecule has 7 heteroatoms. The van der Waals surface area contributed by atoms with Crippen molar-refractivity contribution in [3.05, 3.63) is 82.5 Å². The molecule has 3 aromatic heterocycles. The van der Waals surface area contributed by atoms with Crippen molar-refractivity contribution in [2.24, 2.45) is 0 Å². The number of halogens is 1. The highest BCUT2D eigenvalue weighted by molar-refractivity contribution is 7.15. The van der Waals surface area contributed by atoms with Crippen molar-refractivity contribution in [2.45, 2.75) is 19.8 Å². The fraction of sp³-hybridized carbons (Fsp3) is 0.150. The Hall–Kier alpha value is -3.06. The van der Waals surface area contributed by atoms with Gasteiger partial charge in [0.05, 0.1) is 12.1 Å². The highest BCUT2D eigenvalue weighted by Gasteiger charge is 2.11. The number of pyridine rings is 1. The van der Waals surface area contributed by atoms with Crippen LogP contribution in [0.25, 0.3) is 5.65 Å². The van der Waals surface area contributed by atoms with Crippen LogP contribution in [-0.2, 0) is 17.6 Å². The van der Waals surface area contributed by atoms with Gasteiger partial charge in [-0.2, -0.15) is 0 Å². The highest BCUT2D eigenvalue weighted by Crippen LogP contribution is 2.21. The number of hydrogen-bond donors (Lipinski definition) is 1. The Bertz CT molecular complexity index is 1100. The zero-order valence-corrected chi connectivity index (χ0v) is 15.5.